The van der Waals surface area contributed by atoms with E-state index in [2.05, 4.69) is 16.0 Å². The van der Waals surface area contributed by atoms with E-state index in [9.17, 15) is 36.7 Å². The Kier molecular flexibility index (Phi) is 11.1. The highest BCUT2D eigenvalue weighted by Gasteiger charge is 2.32. The first kappa shape index (κ1) is 30.7. The summed E-state index contributed by atoms with van der Waals surface area (Å²) in [5.74, 6) is -11.3. The molecule has 216 valence electrons. The Balaban J connectivity index is 1.51. The van der Waals surface area contributed by atoms with Crippen LogP contribution in [0.1, 0.15) is 24.8 Å². The second kappa shape index (κ2) is 14.5. The van der Waals surface area contributed by atoms with Crippen LogP contribution in [0.4, 0.5) is 22.4 Å². The van der Waals surface area contributed by atoms with Crippen LogP contribution >= 0.6 is 11.6 Å². The summed E-state index contributed by atoms with van der Waals surface area (Å²) in [6.45, 7) is -1.26. The average Bonchev–Trinajstić information content (AvgIpc) is 3.32. The fourth-order valence-electron chi connectivity index (χ4n) is 3.93. The lowest BCUT2D eigenvalue weighted by Crippen LogP contribution is -2.48. The number of rotatable bonds is 13. The number of nitrogens with one attached hydrogen (secondary N) is 3. The van der Waals surface area contributed by atoms with E-state index in [-0.39, 0.29) is 25.0 Å². The van der Waals surface area contributed by atoms with Gasteiger partial charge in [-0.2, -0.15) is 8.78 Å². The summed E-state index contributed by atoms with van der Waals surface area (Å²) in [5, 5.41) is 7.72. The van der Waals surface area contributed by atoms with Crippen molar-refractivity contribution in [3.63, 3.8) is 0 Å². The van der Waals surface area contributed by atoms with Crippen molar-refractivity contribution in [3.05, 3.63) is 64.2 Å². The molecule has 3 rings (SSSR count). The molecule has 3 amide bonds. The van der Waals surface area contributed by atoms with E-state index in [1.165, 1.54) is 0 Å². The predicted molar refractivity (Wildman–Crippen MR) is 134 cm³/mol. The highest BCUT2D eigenvalue weighted by atomic mass is 35.5. The van der Waals surface area contributed by atoms with E-state index in [1.54, 1.807) is 18.2 Å². The number of amides is 3. The maximum absolute atomic E-state index is 13.9. The number of halogens is 5. The average molecular weight is 588 g/mol. The highest BCUT2D eigenvalue weighted by Crippen LogP contribution is 2.26. The third kappa shape index (κ3) is 8.83. The number of hydrogen-bond acceptors (Lipinski definition) is 6. The zero-order valence-corrected chi connectivity index (χ0v) is 21.8. The summed E-state index contributed by atoms with van der Waals surface area (Å²) in [6, 6.07) is 5.80. The molecule has 1 aliphatic rings. The molecule has 1 aliphatic heterocycles. The van der Waals surface area contributed by atoms with Gasteiger partial charge in [-0.25, -0.2) is 13.6 Å². The van der Waals surface area contributed by atoms with E-state index < -0.39 is 71.9 Å². The molecule has 1 heterocycles. The number of ether oxygens (including phenoxy) is 2. The maximum Gasteiger partial charge on any atom is 0.407 e. The van der Waals surface area contributed by atoms with Crippen LogP contribution in [0.5, 0.6) is 5.75 Å². The molecule has 0 aliphatic carbocycles. The Morgan fingerprint density at radius 1 is 1.10 bits per heavy atom. The highest BCUT2D eigenvalue weighted by molar-refractivity contribution is 6.30. The molecule has 2 aromatic rings. The standard InChI is InChI=1S/C26H26ClF4N3O6/c27-16-5-1-3-14(9-16)4-2-8-39-26(38)33-12-21(36)34-19(10-15-6-7-32-25(15)37)20(35)13-40-24-22(30)17(28)11-18(29)23(24)31/h1,3,5,9,11,15,19H,2,4,6-8,10,12-13H2,(H,32,37)(H,33,38)(H,34,36). The van der Waals surface area contributed by atoms with Gasteiger partial charge in [0.2, 0.25) is 23.4 Å². The monoisotopic (exact) mass is 587 g/mol. The summed E-state index contributed by atoms with van der Waals surface area (Å²) in [5.41, 5.74) is 0.958. The van der Waals surface area contributed by atoms with Gasteiger partial charge in [-0.05, 0) is 43.4 Å². The zero-order chi connectivity index (χ0) is 29.2. The number of carbonyl (C=O) groups excluding carboxylic acids is 4. The minimum atomic E-state index is -1.84. The van der Waals surface area contributed by atoms with Crippen LogP contribution in [0.3, 0.4) is 0 Å². The van der Waals surface area contributed by atoms with Crippen LogP contribution in [0, 0.1) is 29.2 Å². The summed E-state index contributed by atoms with van der Waals surface area (Å²) < 4.78 is 64.3. The zero-order valence-electron chi connectivity index (χ0n) is 21.0. The van der Waals surface area contributed by atoms with Gasteiger partial charge in [-0.1, -0.05) is 23.7 Å². The van der Waals surface area contributed by atoms with E-state index >= 15 is 0 Å². The van der Waals surface area contributed by atoms with Gasteiger partial charge in [0.25, 0.3) is 0 Å². The van der Waals surface area contributed by atoms with E-state index in [0.717, 1.165) is 5.56 Å². The second-order valence-corrected chi connectivity index (χ2v) is 9.34. The molecule has 2 atom stereocenters. The molecule has 9 nitrogen and oxygen atoms in total. The third-order valence-electron chi connectivity index (χ3n) is 5.96. The van der Waals surface area contributed by atoms with Crippen molar-refractivity contribution < 1.29 is 46.2 Å². The third-order valence-corrected chi connectivity index (χ3v) is 6.20. The first-order valence-electron chi connectivity index (χ1n) is 12.3. The molecule has 0 radical (unpaired) electrons. The lowest BCUT2D eigenvalue weighted by atomic mass is 9.96. The van der Waals surface area contributed by atoms with Crippen LogP contribution < -0.4 is 20.7 Å². The molecule has 2 unspecified atom stereocenters. The molecular weight excluding hydrogens is 562 g/mol. The van der Waals surface area contributed by atoms with Crippen molar-refractivity contribution in [1.82, 2.24) is 16.0 Å². The van der Waals surface area contributed by atoms with Crippen molar-refractivity contribution in [2.24, 2.45) is 5.92 Å². The minimum Gasteiger partial charge on any atom is -0.479 e. The van der Waals surface area contributed by atoms with Gasteiger partial charge in [-0.15, -0.1) is 0 Å². The largest absolute Gasteiger partial charge is 0.479 e. The van der Waals surface area contributed by atoms with Crippen LogP contribution in [0.25, 0.3) is 0 Å². The Labute approximate surface area is 231 Å². The summed E-state index contributed by atoms with van der Waals surface area (Å²) in [7, 11) is 0. The molecule has 1 fully saturated rings. The number of hydrogen-bond donors (Lipinski definition) is 3. The maximum atomic E-state index is 13.9. The fraction of sp³-hybridized carbons (Fsp3) is 0.385. The van der Waals surface area contributed by atoms with Crippen LogP contribution in [-0.2, 0) is 25.5 Å². The Hall–Kier alpha value is -3.87. The molecule has 40 heavy (non-hydrogen) atoms. The van der Waals surface area contributed by atoms with Crippen LogP contribution in [-0.4, -0.2) is 56.0 Å². The molecule has 3 N–H and O–H groups in total. The van der Waals surface area contributed by atoms with Crippen molar-refractivity contribution in [2.45, 2.75) is 31.7 Å². The minimum absolute atomic E-state index is 0.0155. The van der Waals surface area contributed by atoms with E-state index in [0.29, 0.717) is 30.8 Å². The summed E-state index contributed by atoms with van der Waals surface area (Å²) in [6.07, 6.45) is 0.386. The van der Waals surface area contributed by atoms with E-state index in [1.807, 2.05) is 6.07 Å². The molecule has 1 saturated heterocycles. The van der Waals surface area contributed by atoms with Gasteiger partial charge in [0, 0.05) is 23.6 Å². The molecule has 0 aromatic heterocycles. The number of aryl methyl sites for hydroxylation is 1. The number of carbonyl (C=O) groups is 4. The van der Waals surface area contributed by atoms with Crippen LogP contribution in [0.2, 0.25) is 5.02 Å². The van der Waals surface area contributed by atoms with Crippen molar-refractivity contribution in [3.8, 4) is 5.75 Å². The van der Waals surface area contributed by atoms with Gasteiger partial charge in [-0.3, -0.25) is 14.4 Å². The van der Waals surface area contributed by atoms with Gasteiger partial charge in [0.05, 0.1) is 12.6 Å². The number of benzene rings is 2. The SMILES string of the molecule is O=C(CNC(=O)OCCCc1cccc(Cl)c1)NC(CC1CCNC1=O)C(=O)COc1c(F)c(F)cc(F)c1F. The number of alkyl carbamates (subject to hydrolysis) is 1. The Morgan fingerprint density at radius 2 is 1.82 bits per heavy atom. The topological polar surface area (TPSA) is 123 Å². The molecular formula is C26H26ClF4N3O6. The molecule has 2 aromatic carbocycles. The van der Waals surface area contributed by atoms with Crippen molar-refractivity contribution in [2.75, 3.05) is 26.3 Å². The predicted octanol–water partition coefficient (Wildman–Crippen LogP) is 3.21. The van der Waals surface area contributed by atoms with Crippen LogP contribution in [0.15, 0.2) is 30.3 Å². The van der Waals surface area contributed by atoms with Crippen molar-refractivity contribution in [1.29, 1.82) is 0 Å². The number of Topliss-reactive ketones (excluding diaryl/α,β-unsaturated/α-hetero) is 1. The lowest BCUT2D eigenvalue weighted by molar-refractivity contribution is -0.130. The normalized spacial score (nSPS) is 15.2. The lowest BCUT2D eigenvalue weighted by Gasteiger charge is -2.20. The Morgan fingerprint density at radius 3 is 2.48 bits per heavy atom. The second-order valence-electron chi connectivity index (χ2n) is 8.91. The van der Waals surface area contributed by atoms with Gasteiger partial charge in [0.15, 0.2) is 23.2 Å². The molecule has 0 saturated carbocycles. The fourth-order valence-corrected chi connectivity index (χ4v) is 4.14. The summed E-state index contributed by atoms with van der Waals surface area (Å²) in [4.78, 5) is 49.1. The van der Waals surface area contributed by atoms with Gasteiger partial charge in [0.1, 0.15) is 13.2 Å². The molecule has 0 bridgehead atoms. The molecule has 14 heteroatoms. The van der Waals surface area contributed by atoms with E-state index in [4.69, 9.17) is 21.1 Å². The van der Waals surface area contributed by atoms with Gasteiger partial charge < -0.3 is 25.4 Å². The summed E-state index contributed by atoms with van der Waals surface area (Å²) >= 11 is 5.92. The first-order valence-corrected chi connectivity index (χ1v) is 12.6. The smallest absolute Gasteiger partial charge is 0.407 e. The van der Waals surface area contributed by atoms with Crippen molar-refractivity contribution >= 4 is 35.3 Å². The Bertz CT molecular complexity index is 1240. The number of ketones is 1. The quantitative estimate of drug-likeness (QED) is 0.188. The first-order chi connectivity index (χ1) is 19.0. The van der Waals surface area contributed by atoms with Gasteiger partial charge >= 0.3 is 6.09 Å². The molecule has 0 spiro atoms.